The van der Waals surface area contributed by atoms with Crippen LogP contribution >= 0.6 is 7.75 Å². The number of nitrogens with zero attached hydrogens (tertiary/aromatic N) is 1. The Hall–Kier alpha value is -2.24. The molecule has 12 nitrogen and oxygen atoms in total. The van der Waals surface area contributed by atoms with E-state index in [1.807, 2.05) is 5.82 Å². The summed E-state index contributed by atoms with van der Waals surface area (Å²) in [4.78, 5) is 38.3. The zero-order valence-corrected chi connectivity index (χ0v) is 23.8. The number of esters is 1. The van der Waals surface area contributed by atoms with Gasteiger partial charge in [0.15, 0.2) is 0 Å². The number of para-hydroxylation sites is 1. The van der Waals surface area contributed by atoms with Gasteiger partial charge in [0.1, 0.15) is 0 Å². The van der Waals surface area contributed by atoms with Crippen LogP contribution in [0.2, 0.25) is 10.6 Å². The molecule has 204 valence electrons. The maximum absolute atomic E-state index is 13.7. The van der Waals surface area contributed by atoms with E-state index in [2.05, 4.69) is 10.1 Å². The molecular formula is C23H32N3O9PSe. The van der Waals surface area contributed by atoms with Crippen LogP contribution in [0.25, 0.3) is 0 Å². The molecule has 14 heteroatoms. The van der Waals surface area contributed by atoms with E-state index in [0.29, 0.717) is 5.56 Å². The van der Waals surface area contributed by atoms with Crippen LogP contribution in [0.1, 0.15) is 32.6 Å². The summed E-state index contributed by atoms with van der Waals surface area (Å²) in [5, 5.41) is 13.5. The molecule has 2 aromatic rings. The van der Waals surface area contributed by atoms with Crippen molar-refractivity contribution >= 4 is 28.7 Å². The molecule has 1 aliphatic rings. The Labute approximate surface area is 220 Å². The summed E-state index contributed by atoms with van der Waals surface area (Å²) in [6, 6.07) is 7.24. The number of benzene rings is 1. The Morgan fingerprint density at radius 2 is 1.95 bits per heavy atom. The fourth-order valence-electron chi connectivity index (χ4n) is 3.62. The normalized spacial score (nSPS) is 24.0. The van der Waals surface area contributed by atoms with Gasteiger partial charge in [0, 0.05) is 0 Å². The zero-order valence-electron chi connectivity index (χ0n) is 21.2. The van der Waals surface area contributed by atoms with Crippen LogP contribution in [-0.2, 0) is 23.4 Å². The van der Waals surface area contributed by atoms with Gasteiger partial charge in [-0.1, -0.05) is 0 Å². The first kappa shape index (κ1) is 29.3. The van der Waals surface area contributed by atoms with E-state index in [0.717, 1.165) is 0 Å². The van der Waals surface area contributed by atoms with Gasteiger partial charge in [-0.2, -0.15) is 0 Å². The molecule has 0 radical (unpaired) electrons. The minimum atomic E-state index is -4.17. The van der Waals surface area contributed by atoms with E-state index in [-0.39, 0.29) is 33.4 Å². The van der Waals surface area contributed by atoms with E-state index >= 15 is 0 Å². The molecular weight excluding hydrogens is 572 g/mol. The molecule has 0 amide bonds. The number of aliphatic hydroxyl groups excluding tert-OH is 1. The summed E-state index contributed by atoms with van der Waals surface area (Å²) >= 11 is -0.167. The summed E-state index contributed by atoms with van der Waals surface area (Å²) in [6.07, 6.45) is -1.88. The second kappa shape index (κ2) is 12.5. The molecule has 6 atom stereocenters. The Kier molecular flexibility index (Phi) is 9.93. The second-order valence-electron chi connectivity index (χ2n) is 8.77. The number of rotatable bonds is 11. The number of hydrogen-bond acceptors (Lipinski definition) is 9. The summed E-state index contributed by atoms with van der Waals surface area (Å²) in [7, 11) is -4.17. The van der Waals surface area contributed by atoms with Gasteiger partial charge in [0.05, 0.1) is 0 Å². The Morgan fingerprint density at radius 3 is 2.57 bits per heavy atom. The van der Waals surface area contributed by atoms with Crippen LogP contribution < -0.4 is 20.9 Å². The number of aromatic nitrogens is 2. The van der Waals surface area contributed by atoms with Gasteiger partial charge in [-0.05, 0) is 0 Å². The number of carbonyl (C=O) groups is 1. The van der Waals surface area contributed by atoms with Crippen molar-refractivity contribution in [3.63, 3.8) is 0 Å². The molecule has 1 unspecified atom stereocenters. The van der Waals surface area contributed by atoms with E-state index in [4.69, 9.17) is 18.5 Å². The zero-order chi connectivity index (χ0) is 27.3. The predicted octanol–water partition coefficient (Wildman–Crippen LogP) is 1.78. The molecule has 0 aliphatic carbocycles. The van der Waals surface area contributed by atoms with Crippen molar-refractivity contribution in [3.05, 3.63) is 62.9 Å². The van der Waals surface area contributed by atoms with E-state index in [1.165, 1.54) is 17.7 Å². The van der Waals surface area contributed by atoms with Gasteiger partial charge in [0.25, 0.3) is 0 Å². The average Bonchev–Trinajstić information content (AvgIpc) is 3.15. The van der Waals surface area contributed by atoms with E-state index < -0.39 is 54.3 Å². The van der Waals surface area contributed by atoms with E-state index in [9.17, 15) is 24.1 Å². The van der Waals surface area contributed by atoms with Crippen molar-refractivity contribution in [2.75, 3.05) is 6.61 Å². The second-order valence-corrected chi connectivity index (χ2v) is 12.6. The predicted molar refractivity (Wildman–Crippen MR) is 136 cm³/mol. The number of aryl methyl sites for hydroxylation is 1. The van der Waals surface area contributed by atoms with Gasteiger partial charge >= 0.3 is 220 Å². The van der Waals surface area contributed by atoms with Gasteiger partial charge in [-0.3, -0.25) is 0 Å². The number of hydrogen-bond donors (Lipinski definition) is 3. The van der Waals surface area contributed by atoms with Crippen molar-refractivity contribution in [1.29, 1.82) is 0 Å². The molecule has 37 heavy (non-hydrogen) atoms. The molecule has 0 spiro atoms. The fraction of sp³-hybridized carbons (Fsp3) is 0.522. The molecule has 0 saturated carbocycles. The van der Waals surface area contributed by atoms with Crippen molar-refractivity contribution in [1.82, 2.24) is 14.6 Å². The van der Waals surface area contributed by atoms with Gasteiger partial charge in [-0.15, -0.1) is 0 Å². The maximum atomic E-state index is 13.7. The molecule has 0 bridgehead atoms. The number of carbonyl (C=O) groups excluding carboxylic acids is 1. The third-order valence-corrected chi connectivity index (χ3v) is 9.30. The van der Waals surface area contributed by atoms with Crippen LogP contribution in [0.5, 0.6) is 5.75 Å². The molecule has 3 rings (SSSR count). The summed E-state index contributed by atoms with van der Waals surface area (Å²) in [5.74, 6) is 1.48. The van der Waals surface area contributed by atoms with Crippen molar-refractivity contribution in [2.45, 2.75) is 68.9 Å². The number of nitrogens with one attached hydrogen (secondary N) is 2. The standard InChI is InChI=1S/C23H32N3O9PSe/c1-13(2)33-22(29)15(4)25-36(31,35-16-9-7-6-8-10-16)32-12-17-18(27)19(37-5)21(34-17)26-11-14(3)20(28)24-23(26)30/h6-11,13,15,17-19,21,27H,12H2,1-5H3,(H,25,31)(H,24,28,30)/t15-,17+,18+,19-,21+,36?/m0/s1. The number of H-pyrrole nitrogens is 1. The van der Waals surface area contributed by atoms with Crippen LogP contribution in [0.3, 0.4) is 0 Å². The first-order chi connectivity index (χ1) is 17.4. The van der Waals surface area contributed by atoms with Crippen LogP contribution in [0.15, 0.2) is 46.1 Å². The third-order valence-electron chi connectivity index (χ3n) is 5.44. The fourth-order valence-corrected chi connectivity index (χ4v) is 6.97. The Morgan fingerprint density at radius 1 is 1.27 bits per heavy atom. The summed E-state index contributed by atoms with van der Waals surface area (Å²) in [6.45, 7) is 6.03. The quantitative estimate of drug-likeness (QED) is 0.196. The van der Waals surface area contributed by atoms with Gasteiger partial charge in [-0.25, -0.2) is 0 Å². The first-order valence-electron chi connectivity index (χ1n) is 11.6. The molecule has 1 aliphatic heterocycles. The van der Waals surface area contributed by atoms with Crippen LogP contribution in [0.4, 0.5) is 0 Å². The third kappa shape index (κ3) is 7.42. The van der Waals surface area contributed by atoms with Gasteiger partial charge < -0.3 is 0 Å². The number of aliphatic hydroxyl groups is 1. The van der Waals surface area contributed by atoms with Crippen molar-refractivity contribution in [2.24, 2.45) is 0 Å². The molecule has 3 N–H and O–H groups in total. The summed E-state index contributed by atoms with van der Waals surface area (Å²) in [5.41, 5.74) is -0.860. The number of ether oxygens (including phenoxy) is 2. The molecule has 2 heterocycles. The molecule has 1 aromatic heterocycles. The topological polar surface area (TPSA) is 158 Å². The van der Waals surface area contributed by atoms with Crippen LogP contribution in [-0.4, -0.2) is 66.5 Å². The van der Waals surface area contributed by atoms with Crippen molar-refractivity contribution in [3.8, 4) is 5.75 Å². The minimum absolute atomic E-state index is 0.167. The SMILES string of the molecule is C[Se][C@H]1[C@H](O)[C@@H](COP(=O)(N[C@@H](C)C(=O)OC(C)C)Oc2ccccc2)O[C@H]1n1cc(C)c(=O)[nH]c1=O. The molecule has 1 aromatic carbocycles. The van der Waals surface area contributed by atoms with Crippen LogP contribution in [0, 0.1) is 6.92 Å². The summed E-state index contributed by atoms with van der Waals surface area (Å²) < 4.78 is 37.4. The Bertz CT molecular complexity index is 1240. The molecule has 1 saturated heterocycles. The monoisotopic (exact) mass is 605 g/mol. The number of aromatic amines is 1. The van der Waals surface area contributed by atoms with Crippen molar-refractivity contribution < 1.29 is 33.0 Å². The van der Waals surface area contributed by atoms with Gasteiger partial charge in [0.2, 0.25) is 0 Å². The average molecular weight is 604 g/mol. The van der Waals surface area contributed by atoms with E-state index in [1.54, 1.807) is 51.1 Å². The Balaban J connectivity index is 1.80. The molecule has 1 fully saturated rings. The first-order valence-corrected chi connectivity index (χ1v) is 15.8.